The minimum absolute atomic E-state index is 0.0697. The molecular formula is C11H25NO3. The molecule has 0 aliphatic rings. The molecule has 0 heterocycles. The molecule has 3 unspecified atom stereocenters. The lowest BCUT2D eigenvalue weighted by Crippen LogP contribution is -2.22. The summed E-state index contributed by atoms with van der Waals surface area (Å²) in [6.07, 6.45) is 3.82. The van der Waals surface area contributed by atoms with Crippen LogP contribution in [0.5, 0.6) is 0 Å². The van der Waals surface area contributed by atoms with Crippen molar-refractivity contribution in [1.29, 1.82) is 0 Å². The minimum Gasteiger partial charge on any atom is -0.394 e. The van der Waals surface area contributed by atoms with E-state index in [1.807, 2.05) is 6.92 Å². The first-order valence-corrected chi connectivity index (χ1v) is 5.56. The van der Waals surface area contributed by atoms with Crippen LogP contribution in [0.4, 0.5) is 0 Å². The normalized spacial score (nSPS) is 17.4. The van der Waals surface area contributed by atoms with Crippen molar-refractivity contribution < 1.29 is 14.6 Å². The minimum atomic E-state index is -0.0713. The SMILES string of the molecule is COC(CO)CCC(CCC(C)N)OC. The van der Waals surface area contributed by atoms with Crippen LogP contribution in [0, 0.1) is 0 Å². The van der Waals surface area contributed by atoms with Crippen LogP contribution in [0.2, 0.25) is 0 Å². The van der Waals surface area contributed by atoms with Crippen LogP contribution in [-0.4, -0.2) is 44.2 Å². The first kappa shape index (κ1) is 14.8. The molecule has 4 nitrogen and oxygen atoms in total. The van der Waals surface area contributed by atoms with Crippen molar-refractivity contribution in [2.24, 2.45) is 5.73 Å². The van der Waals surface area contributed by atoms with E-state index in [2.05, 4.69) is 0 Å². The van der Waals surface area contributed by atoms with Gasteiger partial charge in [-0.2, -0.15) is 0 Å². The Morgan fingerprint density at radius 1 is 1.00 bits per heavy atom. The van der Waals surface area contributed by atoms with Gasteiger partial charge in [-0.1, -0.05) is 0 Å². The van der Waals surface area contributed by atoms with Gasteiger partial charge < -0.3 is 20.3 Å². The van der Waals surface area contributed by atoms with Crippen molar-refractivity contribution in [3.63, 3.8) is 0 Å². The molecule has 3 N–H and O–H groups in total. The first-order chi connectivity index (χ1) is 7.13. The number of methoxy groups -OCH3 is 2. The molecule has 0 aliphatic heterocycles. The van der Waals surface area contributed by atoms with E-state index in [0.717, 1.165) is 25.7 Å². The maximum Gasteiger partial charge on any atom is 0.0802 e. The molecule has 0 aromatic carbocycles. The van der Waals surface area contributed by atoms with Crippen LogP contribution in [0.1, 0.15) is 32.6 Å². The molecular weight excluding hydrogens is 194 g/mol. The van der Waals surface area contributed by atoms with Gasteiger partial charge in [-0.15, -0.1) is 0 Å². The first-order valence-electron chi connectivity index (χ1n) is 5.56. The molecule has 4 heteroatoms. The van der Waals surface area contributed by atoms with Crippen LogP contribution in [-0.2, 0) is 9.47 Å². The van der Waals surface area contributed by atoms with Gasteiger partial charge in [-0.25, -0.2) is 0 Å². The lowest BCUT2D eigenvalue weighted by molar-refractivity contribution is 0.0208. The van der Waals surface area contributed by atoms with Gasteiger partial charge >= 0.3 is 0 Å². The number of ether oxygens (including phenoxy) is 2. The zero-order chi connectivity index (χ0) is 11.7. The fourth-order valence-electron chi connectivity index (χ4n) is 1.48. The quantitative estimate of drug-likeness (QED) is 0.605. The molecule has 3 atom stereocenters. The Morgan fingerprint density at radius 2 is 1.47 bits per heavy atom. The fourth-order valence-corrected chi connectivity index (χ4v) is 1.48. The van der Waals surface area contributed by atoms with E-state index in [-0.39, 0.29) is 24.9 Å². The largest absolute Gasteiger partial charge is 0.394 e. The third kappa shape index (κ3) is 7.73. The van der Waals surface area contributed by atoms with Crippen molar-refractivity contribution >= 4 is 0 Å². The van der Waals surface area contributed by atoms with Crippen LogP contribution in [0.25, 0.3) is 0 Å². The van der Waals surface area contributed by atoms with Crippen LogP contribution >= 0.6 is 0 Å². The Labute approximate surface area is 92.7 Å². The molecule has 0 radical (unpaired) electrons. The van der Waals surface area contributed by atoms with E-state index in [1.165, 1.54) is 0 Å². The van der Waals surface area contributed by atoms with Crippen molar-refractivity contribution in [1.82, 2.24) is 0 Å². The molecule has 0 spiro atoms. The summed E-state index contributed by atoms with van der Waals surface area (Å²) in [6, 6.07) is 0.221. The maximum atomic E-state index is 8.94. The molecule has 0 aromatic rings. The second-order valence-electron chi connectivity index (χ2n) is 4.03. The number of aliphatic hydroxyl groups is 1. The predicted molar refractivity (Wildman–Crippen MR) is 60.8 cm³/mol. The topological polar surface area (TPSA) is 64.7 Å². The smallest absolute Gasteiger partial charge is 0.0802 e. The highest BCUT2D eigenvalue weighted by Crippen LogP contribution is 2.12. The van der Waals surface area contributed by atoms with E-state index in [9.17, 15) is 0 Å². The lowest BCUT2D eigenvalue weighted by atomic mass is 10.0. The summed E-state index contributed by atoms with van der Waals surface area (Å²) in [7, 11) is 3.33. The van der Waals surface area contributed by atoms with Gasteiger partial charge in [-0.3, -0.25) is 0 Å². The second kappa shape index (κ2) is 9.09. The van der Waals surface area contributed by atoms with Gasteiger partial charge in [0, 0.05) is 20.3 Å². The number of hydrogen-bond acceptors (Lipinski definition) is 4. The summed E-state index contributed by atoms with van der Waals surface area (Å²) >= 11 is 0. The van der Waals surface area contributed by atoms with Crippen LogP contribution in [0.15, 0.2) is 0 Å². The van der Waals surface area contributed by atoms with E-state index in [1.54, 1.807) is 14.2 Å². The van der Waals surface area contributed by atoms with E-state index < -0.39 is 0 Å². The zero-order valence-electron chi connectivity index (χ0n) is 10.1. The fraction of sp³-hybridized carbons (Fsp3) is 1.00. The Hall–Kier alpha value is -0.160. The van der Waals surface area contributed by atoms with Crippen molar-refractivity contribution in [3.8, 4) is 0 Å². The second-order valence-corrected chi connectivity index (χ2v) is 4.03. The monoisotopic (exact) mass is 219 g/mol. The third-order valence-electron chi connectivity index (χ3n) is 2.62. The Balaban J connectivity index is 3.68. The van der Waals surface area contributed by atoms with Gasteiger partial charge in [-0.05, 0) is 32.6 Å². The number of rotatable bonds is 9. The molecule has 0 aromatic heterocycles. The standard InChI is InChI=1S/C11H25NO3/c1-9(12)4-5-10(14-2)6-7-11(8-13)15-3/h9-11,13H,4-8,12H2,1-3H3. The summed E-state index contributed by atoms with van der Waals surface area (Å²) in [4.78, 5) is 0. The highest BCUT2D eigenvalue weighted by molar-refractivity contribution is 4.65. The molecule has 0 amide bonds. The number of nitrogens with two attached hydrogens (primary N) is 1. The van der Waals surface area contributed by atoms with Crippen LogP contribution < -0.4 is 5.73 Å². The Morgan fingerprint density at radius 3 is 1.87 bits per heavy atom. The van der Waals surface area contributed by atoms with Crippen molar-refractivity contribution in [2.45, 2.75) is 50.9 Å². The van der Waals surface area contributed by atoms with Crippen LogP contribution in [0.3, 0.4) is 0 Å². The summed E-state index contributed by atoms with van der Waals surface area (Å²) in [5.41, 5.74) is 5.68. The van der Waals surface area contributed by atoms with Crippen molar-refractivity contribution in [3.05, 3.63) is 0 Å². The Kier molecular flexibility index (Phi) is 9.00. The molecule has 0 bridgehead atoms. The van der Waals surface area contributed by atoms with Gasteiger partial charge in [0.15, 0.2) is 0 Å². The summed E-state index contributed by atoms with van der Waals surface area (Å²) in [5.74, 6) is 0. The van der Waals surface area contributed by atoms with Crippen molar-refractivity contribution in [2.75, 3.05) is 20.8 Å². The number of aliphatic hydroxyl groups excluding tert-OH is 1. The van der Waals surface area contributed by atoms with Gasteiger partial charge in [0.2, 0.25) is 0 Å². The molecule has 0 saturated heterocycles. The number of hydrogen-bond donors (Lipinski definition) is 2. The Bertz CT molecular complexity index is 138. The van der Waals surface area contributed by atoms with E-state index in [0.29, 0.717) is 0 Å². The molecule has 0 rings (SSSR count). The third-order valence-corrected chi connectivity index (χ3v) is 2.62. The van der Waals surface area contributed by atoms with E-state index >= 15 is 0 Å². The average Bonchev–Trinajstić information content (AvgIpc) is 2.23. The molecule has 15 heavy (non-hydrogen) atoms. The zero-order valence-corrected chi connectivity index (χ0v) is 10.1. The predicted octanol–water partition coefficient (Wildman–Crippen LogP) is 0.916. The molecule has 0 saturated carbocycles. The van der Waals surface area contributed by atoms with E-state index in [4.69, 9.17) is 20.3 Å². The highest BCUT2D eigenvalue weighted by atomic mass is 16.5. The highest BCUT2D eigenvalue weighted by Gasteiger charge is 2.12. The molecule has 0 aliphatic carbocycles. The summed E-state index contributed by atoms with van der Waals surface area (Å²) < 4.78 is 10.4. The molecule has 92 valence electrons. The molecule has 0 fully saturated rings. The summed E-state index contributed by atoms with van der Waals surface area (Å²) in [6.45, 7) is 2.07. The lowest BCUT2D eigenvalue weighted by Gasteiger charge is -2.19. The maximum absolute atomic E-state index is 8.94. The summed E-state index contributed by atoms with van der Waals surface area (Å²) in [5, 5.41) is 8.94. The van der Waals surface area contributed by atoms with Gasteiger partial charge in [0.05, 0.1) is 18.8 Å². The van der Waals surface area contributed by atoms with Gasteiger partial charge in [0.1, 0.15) is 0 Å². The average molecular weight is 219 g/mol. The van der Waals surface area contributed by atoms with Gasteiger partial charge in [0.25, 0.3) is 0 Å².